The van der Waals surface area contributed by atoms with Gasteiger partial charge in [0.2, 0.25) is 0 Å². The summed E-state index contributed by atoms with van der Waals surface area (Å²) in [5, 5.41) is 3.35. The van der Waals surface area contributed by atoms with Crippen LogP contribution in [-0.4, -0.2) is 13.6 Å². The second-order valence-electron chi connectivity index (χ2n) is 5.40. The molecule has 1 heteroatoms. The molecule has 1 N–H and O–H groups in total. The molecule has 0 saturated heterocycles. The number of hydrogen-bond donors (Lipinski definition) is 1. The third-order valence-corrected chi connectivity index (χ3v) is 4.30. The van der Waals surface area contributed by atoms with Gasteiger partial charge < -0.3 is 5.32 Å². The van der Waals surface area contributed by atoms with Crippen LogP contribution in [0.2, 0.25) is 0 Å². The van der Waals surface area contributed by atoms with E-state index in [1.54, 1.807) is 0 Å². The SMILES string of the molecule is CCC(C)(CNC)C1CC1c1ccccc1. The number of nitrogens with one attached hydrogen (secondary N) is 1. The Morgan fingerprint density at radius 2 is 2.00 bits per heavy atom. The molecule has 0 radical (unpaired) electrons. The van der Waals surface area contributed by atoms with Crippen LogP contribution in [0.5, 0.6) is 0 Å². The van der Waals surface area contributed by atoms with E-state index in [-0.39, 0.29) is 0 Å². The second-order valence-corrected chi connectivity index (χ2v) is 5.40. The molecule has 1 aromatic rings. The molecule has 2 rings (SSSR count). The largest absolute Gasteiger partial charge is 0.319 e. The van der Waals surface area contributed by atoms with Crippen molar-refractivity contribution in [3.63, 3.8) is 0 Å². The monoisotopic (exact) mass is 217 g/mol. The van der Waals surface area contributed by atoms with E-state index in [9.17, 15) is 0 Å². The van der Waals surface area contributed by atoms with Gasteiger partial charge in [0.1, 0.15) is 0 Å². The molecule has 0 amide bonds. The third kappa shape index (κ3) is 2.15. The summed E-state index contributed by atoms with van der Waals surface area (Å²) in [6.07, 6.45) is 2.64. The lowest BCUT2D eigenvalue weighted by Gasteiger charge is -2.28. The average molecular weight is 217 g/mol. The first-order valence-corrected chi connectivity index (χ1v) is 6.41. The molecule has 0 aliphatic heterocycles. The zero-order valence-electron chi connectivity index (χ0n) is 10.7. The predicted octanol–water partition coefficient (Wildman–Crippen LogP) is 3.43. The Morgan fingerprint density at radius 1 is 1.31 bits per heavy atom. The molecule has 0 aromatic heterocycles. The lowest BCUT2D eigenvalue weighted by molar-refractivity contribution is 0.249. The van der Waals surface area contributed by atoms with Gasteiger partial charge in [0.05, 0.1) is 0 Å². The molecule has 88 valence electrons. The van der Waals surface area contributed by atoms with Crippen LogP contribution in [0, 0.1) is 11.3 Å². The maximum absolute atomic E-state index is 3.35. The maximum atomic E-state index is 3.35. The molecule has 1 nitrogen and oxygen atoms in total. The highest BCUT2D eigenvalue weighted by atomic mass is 14.8. The fraction of sp³-hybridized carbons (Fsp3) is 0.600. The van der Waals surface area contributed by atoms with E-state index in [0.717, 1.165) is 18.4 Å². The summed E-state index contributed by atoms with van der Waals surface area (Å²) in [4.78, 5) is 0. The van der Waals surface area contributed by atoms with Gasteiger partial charge in [-0.1, -0.05) is 44.2 Å². The Labute approximate surface area is 99.3 Å². The van der Waals surface area contributed by atoms with E-state index in [2.05, 4.69) is 56.5 Å². The highest BCUT2D eigenvalue weighted by Crippen LogP contribution is 2.57. The minimum Gasteiger partial charge on any atom is -0.319 e. The standard InChI is InChI=1S/C15H23N/c1-4-15(2,11-16-3)14-10-13(14)12-8-6-5-7-9-12/h5-9,13-14,16H,4,10-11H2,1-3H3. The maximum Gasteiger partial charge on any atom is 0.000493 e. The van der Waals surface area contributed by atoms with Gasteiger partial charge in [-0.15, -0.1) is 0 Å². The first kappa shape index (κ1) is 11.7. The van der Waals surface area contributed by atoms with Crippen LogP contribution in [-0.2, 0) is 0 Å². The summed E-state index contributed by atoms with van der Waals surface area (Å²) in [7, 11) is 2.06. The van der Waals surface area contributed by atoms with Gasteiger partial charge in [-0.3, -0.25) is 0 Å². The van der Waals surface area contributed by atoms with E-state index in [1.165, 1.54) is 18.4 Å². The summed E-state index contributed by atoms with van der Waals surface area (Å²) in [5.74, 6) is 1.67. The van der Waals surface area contributed by atoms with Gasteiger partial charge in [-0.25, -0.2) is 0 Å². The summed E-state index contributed by atoms with van der Waals surface area (Å²) in [6, 6.07) is 11.0. The summed E-state index contributed by atoms with van der Waals surface area (Å²) in [6.45, 7) is 5.88. The van der Waals surface area contributed by atoms with Crippen molar-refractivity contribution < 1.29 is 0 Å². The van der Waals surface area contributed by atoms with Crippen molar-refractivity contribution in [2.45, 2.75) is 32.6 Å². The van der Waals surface area contributed by atoms with E-state index < -0.39 is 0 Å². The lowest BCUT2D eigenvalue weighted by Crippen LogP contribution is -2.31. The Morgan fingerprint density at radius 3 is 2.56 bits per heavy atom. The zero-order chi connectivity index (χ0) is 11.6. The molecule has 16 heavy (non-hydrogen) atoms. The molecule has 1 aliphatic rings. The molecule has 1 aliphatic carbocycles. The van der Waals surface area contributed by atoms with Crippen molar-refractivity contribution in [3.05, 3.63) is 35.9 Å². The van der Waals surface area contributed by atoms with Crippen LogP contribution < -0.4 is 5.32 Å². The highest BCUT2D eigenvalue weighted by molar-refractivity contribution is 5.27. The fourth-order valence-corrected chi connectivity index (χ4v) is 2.96. The molecular formula is C15H23N. The van der Waals surface area contributed by atoms with Crippen LogP contribution >= 0.6 is 0 Å². The Kier molecular flexibility index (Phi) is 3.34. The van der Waals surface area contributed by atoms with Gasteiger partial charge in [0.15, 0.2) is 0 Å². The molecule has 1 saturated carbocycles. The van der Waals surface area contributed by atoms with E-state index in [1.807, 2.05) is 0 Å². The molecule has 1 fully saturated rings. The molecule has 3 atom stereocenters. The van der Waals surface area contributed by atoms with Crippen LogP contribution in [0.4, 0.5) is 0 Å². The number of benzene rings is 1. The second kappa shape index (κ2) is 4.58. The average Bonchev–Trinajstić information content (AvgIpc) is 3.11. The van der Waals surface area contributed by atoms with Gasteiger partial charge in [0, 0.05) is 6.54 Å². The van der Waals surface area contributed by atoms with Gasteiger partial charge in [-0.2, -0.15) is 0 Å². The number of rotatable bonds is 5. The molecule has 0 heterocycles. The van der Waals surface area contributed by atoms with Crippen LogP contribution in [0.25, 0.3) is 0 Å². The molecule has 3 unspecified atom stereocenters. The van der Waals surface area contributed by atoms with Gasteiger partial charge in [-0.05, 0) is 42.7 Å². The van der Waals surface area contributed by atoms with E-state index >= 15 is 0 Å². The molecule has 0 bridgehead atoms. The summed E-state index contributed by atoms with van der Waals surface area (Å²) < 4.78 is 0. The van der Waals surface area contributed by atoms with Gasteiger partial charge in [0.25, 0.3) is 0 Å². The molecular weight excluding hydrogens is 194 g/mol. The minimum absolute atomic E-state index is 0.468. The normalized spacial score (nSPS) is 27.4. The van der Waals surface area contributed by atoms with Crippen molar-refractivity contribution in [1.29, 1.82) is 0 Å². The van der Waals surface area contributed by atoms with E-state index in [4.69, 9.17) is 0 Å². The van der Waals surface area contributed by atoms with Gasteiger partial charge >= 0.3 is 0 Å². The third-order valence-electron chi connectivity index (χ3n) is 4.30. The Bertz CT molecular complexity index is 333. The summed E-state index contributed by atoms with van der Waals surface area (Å²) >= 11 is 0. The van der Waals surface area contributed by atoms with Crippen molar-refractivity contribution in [2.75, 3.05) is 13.6 Å². The predicted molar refractivity (Wildman–Crippen MR) is 69.6 cm³/mol. The van der Waals surface area contributed by atoms with Crippen LogP contribution in [0.1, 0.15) is 38.2 Å². The Hall–Kier alpha value is -0.820. The minimum atomic E-state index is 0.468. The first-order chi connectivity index (χ1) is 7.71. The number of hydrogen-bond acceptors (Lipinski definition) is 1. The van der Waals surface area contributed by atoms with Crippen LogP contribution in [0.15, 0.2) is 30.3 Å². The quantitative estimate of drug-likeness (QED) is 0.797. The molecule has 0 spiro atoms. The van der Waals surface area contributed by atoms with Crippen molar-refractivity contribution in [3.8, 4) is 0 Å². The van der Waals surface area contributed by atoms with Crippen molar-refractivity contribution in [1.82, 2.24) is 5.32 Å². The fourth-order valence-electron chi connectivity index (χ4n) is 2.96. The zero-order valence-corrected chi connectivity index (χ0v) is 10.7. The van der Waals surface area contributed by atoms with Crippen molar-refractivity contribution >= 4 is 0 Å². The summed E-state index contributed by atoms with van der Waals surface area (Å²) in [5.41, 5.74) is 2.00. The Balaban J connectivity index is 2.05. The first-order valence-electron chi connectivity index (χ1n) is 6.41. The topological polar surface area (TPSA) is 12.0 Å². The molecule has 1 aromatic carbocycles. The smallest absolute Gasteiger partial charge is 0.000493 e. The lowest BCUT2D eigenvalue weighted by atomic mass is 9.80. The van der Waals surface area contributed by atoms with E-state index in [0.29, 0.717) is 5.41 Å². The van der Waals surface area contributed by atoms with Crippen LogP contribution in [0.3, 0.4) is 0 Å². The van der Waals surface area contributed by atoms with Crippen molar-refractivity contribution in [2.24, 2.45) is 11.3 Å². The highest BCUT2D eigenvalue weighted by Gasteiger charge is 2.49.